The Morgan fingerprint density at radius 3 is 1.06 bits per heavy atom. The number of hydrogen-bond donors (Lipinski definition) is 0. The zero-order valence-electron chi connectivity index (χ0n) is 36.8. The van der Waals surface area contributed by atoms with E-state index in [1.54, 1.807) is 0 Å². The first-order valence-corrected chi connectivity index (χ1v) is 24.8. The number of rotatable bonds is 5. The number of benzene rings is 12. The molecule has 0 spiro atoms. The minimum Gasteiger partial charge on any atom is -0.308 e. The van der Waals surface area contributed by atoms with Crippen molar-refractivity contribution in [2.24, 2.45) is 0 Å². The molecule has 0 aromatic heterocycles. The molecule has 2 nitrogen and oxygen atoms in total. The van der Waals surface area contributed by atoms with E-state index in [0.29, 0.717) is 0 Å². The molecular formula is C64H40N2S2. The topological polar surface area (TPSA) is 6.48 Å². The van der Waals surface area contributed by atoms with Crippen LogP contribution in [0.25, 0.3) is 76.5 Å². The molecule has 12 aromatic rings. The first-order chi connectivity index (χ1) is 33.7. The lowest BCUT2D eigenvalue weighted by Gasteiger charge is -2.34. The maximum absolute atomic E-state index is 2.46. The largest absolute Gasteiger partial charge is 0.308 e. The molecule has 4 heteroatoms. The Balaban J connectivity index is 1.06. The summed E-state index contributed by atoms with van der Waals surface area (Å²) in [4.78, 5) is 9.91. The van der Waals surface area contributed by atoms with Gasteiger partial charge in [-0.3, -0.25) is 0 Å². The third-order valence-electron chi connectivity index (χ3n) is 13.8. The second kappa shape index (κ2) is 15.8. The summed E-state index contributed by atoms with van der Waals surface area (Å²) in [5.41, 5.74) is 14.3. The van der Waals surface area contributed by atoms with Gasteiger partial charge >= 0.3 is 0 Å². The second-order valence-corrected chi connectivity index (χ2v) is 19.8. The number of nitrogens with zero attached hydrogens (tertiary/aromatic N) is 2. The van der Waals surface area contributed by atoms with Crippen LogP contribution in [-0.2, 0) is 0 Å². The van der Waals surface area contributed by atoms with Crippen molar-refractivity contribution in [1.29, 1.82) is 0 Å². The van der Waals surface area contributed by atoms with Crippen LogP contribution in [0.15, 0.2) is 262 Å². The number of hydrogen-bond acceptors (Lipinski definition) is 4. The summed E-state index contributed by atoms with van der Waals surface area (Å²) in [7, 11) is 0. The summed E-state index contributed by atoms with van der Waals surface area (Å²) < 4.78 is 0. The molecule has 12 aromatic carbocycles. The monoisotopic (exact) mass is 900 g/mol. The van der Waals surface area contributed by atoms with Gasteiger partial charge in [-0.05, 0) is 161 Å². The third kappa shape index (κ3) is 6.36. The van der Waals surface area contributed by atoms with Crippen LogP contribution >= 0.6 is 23.5 Å². The quantitative estimate of drug-likeness (QED) is 0.159. The van der Waals surface area contributed by atoms with Crippen molar-refractivity contribution in [3.05, 3.63) is 243 Å². The Hall–Kier alpha value is -8.02. The normalized spacial score (nSPS) is 12.8. The van der Waals surface area contributed by atoms with Crippen LogP contribution in [0.3, 0.4) is 0 Å². The van der Waals surface area contributed by atoms with Crippen LogP contribution in [0.1, 0.15) is 0 Å². The first kappa shape index (κ1) is 39.2. The standard InChI is InChI=1S/C64H40N2S2/c1-3-15-45-37-47(31-27-41(45)13-1)43-25-29-44(30-26-43)63-51-35-33-50(66-57-19-7-11-23-61(57)68-62-24-12-8-20-58(62)66)40-54(51)64(48-32-28-42-14-2-4-16-46(42)38-48)52-36-34-49(39-53(52)63)65-55-17-5-9-21-59(55)67-60-22-10-6-18-56(60)65/h1-40H. The average Bonchev–Trinajstić information content (AvgIpc) is 3.40. The minimum atomic E-state index is 1.13. The van der Waals surface area contributed by atoms with Gasteiger partial charge < -0.3 is 9.80 Å². The summed E-state index contributed by atoms with van der Waals surface area (Å²) in [5.74, 6) is 0. The Labute approximate surface area is 403 Å². The van der Waals surface area contributed by atoms with Crippen LogP contribution in [0.5, 0.6) is 0 Å². The van der Waals surface area contributed by atoms with Crippen LogP contribution in [0.2, 0.25) is 0 Å². The molecule has 68 heavy (non-hydrogen) atoms. The summed E-state index contributed by atoms with van der Waals surface area (Å²) in [5, 5.41) is 9.80. The van der Waals surface area contributed by atoms with E-state index in [4.69, 9.17) is 0 Å². The van der Waals surface area contributed by atoms with Gasteiger partial charge in [-0.2, -0.15) is 0 Å². The van der Waals surface area contributed by atoms with Gasteiger partial charge in [-0.25, -0.2) is 0 Å². The second-order valence-electron chi connectivity index (χ2n) is 17.7. The maximum atomic E-state index is 2.46. The Morgan fingerprint density at radius 1 is 0.235 bits per heavy atom. The van der Waals surface area contributed by atoms with Crippen molar-refractivity contribution in [2.75, 3.05) is 9.80 Å². The SMILES string of the molecule is c1ccc2c(c1)Sc1ccccc1N2c1ccc2c(-c3ccc4ccccc4c3)c3cc(N4c5ccccc5Sc5ccccc54)ccc3c(-c3ccc(-c4ccc5ccccc5c4)cc3)c2c1. The van der Waals surface area contributed by atoms with E-state index in [2.05, 4.69) is 252 Å². The Morgan fingerprint density at radius 2 is 0.588 bits per heavy atom. The van der Waals surface area contributed by atoms with E-state index in [1.807, 2.05) is 23.5 Å². The first-order valence-electron chi connectivity index (χ1n) is 23.1. The molecule has 0 bridgehead atoms. The van der Waals surface area contributed by atoms with E-state index in [-0.39, 0.29) is 0 Å². The fourth-order valence-corrected chi connectivity index (χ4v) is 12.7. The summed E-state index contributed by atoms with van der Waals surface area (Å²) in [6.45, 7) is 0. The highest BCUT2D eigenvalue weighted by molar-refractivity contribution is 8.00. The molecule has 0 saturated carbocycles. The van der Waals surface area contributed by atoms with E-state index in [0.717, 1.165) is 11.4 Å². The van der Waals surface area contributed by atoms with Gasteiger partial charge in [-0.15, -0.1) is 0 Å². The molecule has 2 heterocycles. The van der Waals surface area contributed by atoms with Gasteiger partial charge in [0.25, 0.3) is 0 Å². The molecule has 0 radical (unpaired) electrons. The van der Waals surface area contributed by atoms with Crippen molar-refractivity contribution in [2.45, 2.75) is 19.6 Å². The summed E-state index contributed by atoms with van der Waals surface area (Å²) in [6.07, 6.45) is 0. The lowest BCUT2D eigenvalue weighted by Crippen LogP contribution is -2.15. The van der Waals surface area contributed by atoms with Gasteiger partial charge in [0.1, 0.15) is 0 Å². The van der Waals surface area contributed by atoms with Gasteiger partial charge in [-0.1, -0.05) is 181 Å². The van der Waals surface area contributed by atoms with E-state index in [1.165, 1.54) is 119 Å². The molecule has 14 rings (SSSR count). The zero-order chi connectivity index (χ0) is 44.7. The third-order valence-corrected chi connectivity index (χ3v) is 16.0. The van der Waals surface area contributed by atoms with E-state index < -0.39 is 0 Å². The lowest BCUT2D eigenvalue weighted by atomic mass is 9.84. The highest BCUT2D eigenvalue weighted by atomic mass is 32.2. The fourth-order valence-electron chi connectivity index (χ4n) is 10.6. The zero-order valence-corrected chi connectivity index (χ0v) is 38.4. The predicted octanol–water partition coefficient (Wildman–Crippen LogP) is 19.2. The van der Waals surface area contributed by atoms with Gasteiger partial charge in [0.05, 0.1) is 22.7 Å². The molecule has 0 unspecified atom stereocenters. The van der Waals surface area contributed by atoms with Crippen LogP contribution in [0, 0.1) is 0 Å². The molecule has 0 N–H and O–H groups in total. The van der Waals surface area contributed by atoms with Crippen molar-refractivity contribution in [3.63, 3.8) is 0 Å². The molecule has 2 aliphatic heterocycles. The predicted molar refractivity (Wildman–Crippen MR) is 290 cm³/mol. The molecule has 2 aliphatic rings. The minimum absolute atomic E-state index is 1.13. The smallest absolute Gasteiger partial charge is 0.0601 e. The molecule has 0 atom stereocenters. The van der Waals surface area contributed by atoms with Gasteiger partial charge in [0.2, 0.25) is 0 Å². The van der Waals surface area contributed by atoms with E-state index >= 15 is 0 Å². The summed E-state index contributed by atoms with van der Waals surface area (Å²) in [6, 6.07) is 90.0. The van der Waals surface area contributed by atoms with Crippen molar-refractivity contribution >= 4 is 101 Å². The average molecular weight is 901 g/mol. The molecule has 318 valence electrons. The fraction of sp³-hybridized carbons (Fsp3) is 0. The van der Waals surface area contributed by atoms with Crippen molar-refractivity contribution in [1.82, 2.24) is 0 Å². The lowest BCUT2D eigenvalue weighted by molar-refractivity contribution is 1.17. The molecule has 0 fully saturated rings. The molecule has 0 saturated heterocycles. The van der Waals surface area contributed by atoms with Gasteiger partial charge in [0.15, 0.2) is 0 Å². The molecule has 0 aliphatic carbocycles. The highest BCUT2D eigenvalue weighted by Gasteiger charge is 2.28. The van der Waals surface area contributed by atoms with E-state index in [9.17, 15) is 0 Å². The van der Waals surface area contributed by atoms with Gasteiger partial charge in [0, 0.05) is 31.0 Å². The highest BCUT2D eigenvalue weighted by Crippen LogP contribution is 2.55. The summed E-state index contributed by atoms with van der Waals surface area (Å²) >= 11 is 3.69. The number of para-hydroxylation sites is 4. The van der Waals surface area contributed by atoms with Crippen LogP contribution < -0.4 is 9.80 Å². The maximum Gasteiger partial charge on any atom is 0.0601 e. The Kier molecular flexibility index (Phi) is 9.11. The number of fused-ring (bicyclic) bond motifs is 8. The van der Waals surface area contributed by atoms with Crippen molar-refractivity contribution in [3.8, 4) is 33.4 Å². The molecular weight excluding hydrogens is 861 g/mol. The van der Waals surface area contributed by atoms with Crippen LogP contribution in [-0.4, -0.2) is 0 Å². The number of anilines is 6. The van der Waals surface area contributed by atoms with Crippen molar-refractivity contribution < 1.29 is 0 Å². The molecule has 0 amide bonds. The van der Waals surface area contributed by atoms with Crippen LogP contribution in [0.4, 0.5) is 34.1 Å². The Bertz CT molecular complexity index is 3920.